The Morgan fingerprint density at radius 3 is 2.43 bits per heavy atom. The van der Waals surface area contributed by atoms with Crippen LogP contribution in [-0.2, 0) is 0 Å². The number of nitrogens with one attached hydrogen (secondary N) is 2. The molecule has 1 heterocycles. The van der Waals surface area contributed by atoms with E-state index in [0.29, 0.717) is 5.69 Å². The van der Waals surface area contributed by atoms with Crippen molar-refractivity contribution in [3.63, 3.8) is 0 Å². The number of hydrogen-bond acceptors (Lipinski definition) is 4. The van der Waals surface area contributed by atoms with Gasteiger partial charge in [0, 0.05) is 23.1 Å². The van der Waals surface area contributed by atoms with Crippen LogP contribution in [-0.4, -0.2) is 16.0 Å². The third kappa shape index (κ3) is 4.25. The molecule has 0 spiro atoms. The lowest BCUT2D eigenvalue weighted by Gasteiger charge is -2.10. The zero-order valence-electron chi connectivity index (χ0n) is 12.3. The van der Waals surface area contributed by atoms with Crippen LogP contribution < -0.4 is 16.4 Å². The van der Waals surface area contributed by atoms with Crippen LogP contribution in [0.1, 0.15) is 29.9 Å². The number of hydrogen-bond donors (Lipinski definition) is 3. The van der Waals surface area contributed by atoms with E-state index in [0.717, 1.165) is 17.0 Å². The van der Waals surface area contributed by atoms with Gasteiger partial charge in [-0.05, 0) is 44.5 Å². The van der Waals surface area contributed by atoms with Gasteiger partial charge in [-0.2, -0.15) is 0 Å². The Morgan fingerprint density at radius 2 is 1.81 bits per heavy atom. The summed E-state index contributed by atoms with van der Waals surface area (Å²) in [6.45, 7) is 5.59. The molecule has 4 N–H and O–H groups in total. The maximum absolute atomic E-state index is 12.0. The second kappa shape index (κ2) is 6.32. The first-order chi connectivity index (χ1) is 9.94. The van der Waals surface area contributed by atoms with Crippen LogP contribution in [0.15, 0.2) is 30.3 Å². The van der Waals surface area contributed by atoms with Crippen molar-refractivity contribution in [2.45, 2.75) is 26.8 Å². The van der Waals surface area contributed by atoms with E-state index in [2.05, 4.69) is 20.6 Å². The monoisotopic (exact) mass is 285 g/mol. The third-order valence-electron chi connectivity index (χ3n) is 2.88. The summed E-state index contributed by atoms with van der Waals surface area (Å²) in [5, 5.41) is 5.36. The molecule has 110 valence electrons. The number of urea groups is 1. The van der Waals surface area contributed by atoms with E-state index < -0.39 is 0 Å². The molecule has 1 unspecified atom stereocenters. The molecule has 0 radical (unpaired) electrons. The van der Waals surface area contributed by atoms with Gasteiger partial charge in [0.05, 0.1) is 0 Å². The van der Waals surface area contributed by atoms with E-state index in [9.17, 15) is 4.79 Å². The number of aromatic nitrogens is 2. The van der Waals surface area contributed by atoms with Gasteiger partial charge in [0.1, 0.15) is 0 Å². The van der Waals surface area contributed by atoms with Crippen molar-refractivity contribution >= 4 is 17.7 Å². The van der Waals surface area contributed by atoms with Gasteiger partial charge in [-0.15, -0.1) is 0 Å². The van der Waals surface area contributed by atoms with Crippen molar-refractivity contribution in [2.24, 2.45) is 5.73 Å². The minimum Gasteiger partial charge on any atom is -0.324 e. The number of rotatable bonds is 3. The lowest BCUT2D eigenvalue weighted by Crippen LogP contribution is -2.21. The average Bonchev–Trinajstić information content (AvgIpc) is 2.37. The molecule has 2 aromatic rings. The number of amides is 2. The van der Waals surface area contributed by atoms with Gasteiger partial charge in [-0.25, -0.2) is 14.8 Å². The van der Waals surface area contributed by atoms with Gasteiger partial charge < -0.3 is 11.1 Å². The first-order valence-corrected chi connectivity index (χ1v) is 6.70. The highest BCUT2D eigenvalue weighted by molar-refractivity contribution is 5.98. The number of anilines is 2. The SMILES string of the molecule is Cc1cc(C)nc(NC(=O)Nc2cccc(C(C)N)c2)n1. The van der Waals surface area contributed by atoms with Crippen molar-refractivity contribution in [3.05, 3.63) is 47.3 Å². The Morgan fingerprint density at radius 1 is 1.14 bits per heavy atom. The van der Waals surface area contributed by atoms with Crippen molar-refractivity contribution in [1.29, 1.82) is 0 Å². The quantitative estimate of drug-likeness (QED) is 0.808. The predicted molar refractivity (Wildman–Crippen MR) is 83.2 cm³/mol. The summed E-state index contributed by atoms with van der Waals surface area (Å²) in [5.41, 5.74) is 9.05. The van der Waals surface area contributed by atoms with E-state index in [1.807, 2.05) is 45.0 Å². The number of nitrogens with zero attached hydrogens (tertiary/aromatic N) is 2. The summed E-state index contributed by atoms with van der Waals surface area (Å²) in [6, 6.07) is 8.78. The van der Waals surface area contributed by atoms with E-state index in [1.165, 1.54) is 0 Å². The van der Waals surface area contributed by atoms with Crippen LogP contribution in [0.3, 0.4) is 0 Å². The number of nitrogens with two attached hydrogens (primary N) is 1. The summed E-state index contributed by atoms with van der Waals surface area (Å²) in [4.78, 5) is 20.3. The molecule has 6 nitrogen and oxygen atoms in total. The Bertz CT molecular complexity index is 634. The Hall–Kier alpha value is -2.47. The molecule has 1 aromatic carbocycles. The second-order valence-electron chi connectivity index (χ2n) is 4.97. The van der Waals surface area contributed by atoms with Crippen molar-refractivity contribution in [3.8, 4) is 0 Å². The molecule has 0 aliphatic heterocycles. The van der Waals surface area contributed by atoms with Gasteiger partial charge in [-0.1, -0.05) is 12.1 Å². The smallest absolute Gasteiger partial charge is 0.324 e. The molecule has 21 heavy (non-hydrogen) atoms. The predicted octanol–water partition coefficient (Wildman–Crippen LogP) is 2.76. The van der Waals surface area contributed by atoms with Crippen LogP contribution >= 0.6 is 0 Å². The first kappa shape index (κ1) is 14.9. The Labute approximate surface area is 123 Å². The molecule has 0 fully saturated rings. The fourth-order valence-corrected chi connectivity index (χ4v) is 1.95. The first-order valence-electron chi connectivity index (χ1n) is 6.70. The summed E-state index contributed by atoms with van der Waals surface area (Å²) >= 11 is 0. The molecule has 2 amide bonds. The van der Waals surface area contributed by atoms with Crippen molar-refractivity contribution in [1.82, 2.24) is 9.97 Å². The molecule has 2 rings (SSSR count). The average molecular weight is 285 g/mol. The molecular formula is C15H19N5O. The molecule has 0 aliphatic rings. The maximum Gasteiger partial charge on any atom is 0.326 e. The van der Waals surface area contributed by atoms with E-state index in [-0.39, 0.29) is 18.0 Å². The summed E-state index contributed by atoms with van der Waals surface area (Å²) < 4.78 is 0. The highest BCUT2D eigenvalue weighted by atomic mass is 16.2. The molecule has 0 bridgehead atoms. The summed E-state index contributed by atoms with van der Waals surface area (Å²) in [7, 11) is 0. The van der Waals surface area contributed by atoms with Gasteiger partial charge in [0.15, 0.2) is 0 Å². The minimum absolute atomic E-state index is 0.0856. The molecule has 0 saturated heterocycles. The number of carbonyl (C=O) groups is 1. The highest BCUT2D eigenvalue weighted by Crippen LogP contribution is 2.15. The Balaban J connectivity index is 2.06. The zero-order chi connectivity index (χ0) is 15.4. The standard InChI is InChI=1S/C15H19N5O/c1-9-7-10(2)18-14(17-9)20-15(21)19-13-6-4-5-12(8-13)11(3)16/h4-8,11H,16H2,1-3H3,(H2,17,18,19,20,21). The third-order valence-corrected chi connectivity index (χ3v) is 2.88. The Kier molecular flexibility index (Phi) is 4.49. The van der Waals surface area contributed by atoms with Crippen LogP contribution in [0.2, 0.25) is 0 Å². The van der Waals surface area contributed by atoms with Crippen molar-refractivity contribution in [2.75, 3.05) is 10.6 Å². The van der Waals surface area contributed by atoms with Gasteiger partial charge in [0.25, 0.3) is 0 Å². The number of carbonyl (C=O) groups excluding carboxylic acids is 1. The number of benzene rings is 1. The van der Waals surface area contributed by atoms with E-state index in [1.54, 1.807) is 6.07 Å². The van der Waals surface area contributed by atoms with Crippen LogP contribution in [0.4, 0.5) is 16.4 Å². The zero-order valence-corrected chi connectivity index (χ0v) is 12.3. The molecule has 0 aliphatic carbocycles. The van der Waals surface area contributed by atoms with Crippen LogP contribution in [0.5, 0.6) is 0 Å². The minimum atomic E-state index is -0.387. The molecule has 6 heteroatoms. The molecular weight excluding hydrogens is 266 g/mol. The fraction of sp³-hybridized carbons (Fsp3) is 0.267. The lowest BCUT2D eigenvalue weighted by atomic mass is 10.1. The van der Waals surface area contributed by atoms with Crippen LogP contribution in [0.25, 0.3) is 0 Å². The summed E-state index contributed by atoms with van der Waals surface area (Å²) in [5.74, 6) is 0.286. The maximum atomic E-state index is 12.0. The van der Waals surface area contributed by atoms with Crippen LogP contribution in [0, 0.1) is 13.8 Å². The highest BCUT2D eigenvalue weighted by Gasteiger charge is 2.07. The summed E-state index contributed by atoms with van der Waals surface area (Å²) in [6.07, 6.45) is 0. The normalized spacial score (nSPS) is 11.8. The molecule has 0 saturated carbocycles. The second-order valence-corrected chi connectivity index (χ2v) is 4.97. The molecule has 1 aromatic heterocycles. The van der Waals surface area contributed by atoms with Gasteiger partial charge in [0.2, 0.25) is 5.95 Å². The van der Waals surface area contributed by atoms with E-state index in [4.69, 9.17) is 5.73 Å². The topological polar surface area (TPSA) is 92.9 Å². The largest absolute Gasteiger partial charge is 0.326 e. The number of aryl methyl sites for hydroxylation is 2. The fourth-order valence-electron chi connectivity index (χ4n) is 1.95. The lowest BCUT2D eigenvalue weighted by molar-refractivity contribution is 0.262. The van der Waals surface area contributed by atoms with E-state index >= 15 is 0 Å². The van der Waals surface area contributed by atoms with Gasteiger partial charge >= 0.3 is 6.03 Å². The van der Waals surface area contributed by atoms with Crippen molar-refractivity contribution < 1.29 is 4.79 Å². The van der Waals surface area contributed by atoms with Gasteiger partial charge in [-0.3, -0.25) is 5.32 Å². The molecule has 1 atom stereocenters.